The predicted molar refractivity (Wildman–Crippen MR) is 90.5 cm³/mol. The molecule has 0 radical (unpaired) electrons. The number of benzene rings is 1. The predicted octanol–water partition coefficient (Wildman–Crippen LogP) is 5.38. The topological polar surface area (TPSA) is 51.5 Å². The Hall–Kier alpha value is -2.49. The minimum absolute atomic E-state index is 0.0352. The number of nitrogens with zero attached hydrogens (tertiary/aromatic N) is 1. The van der Waals surface area contributed by atoms with Gasteiger partial charge in [0.1, 0.15) is 0 Å². The molecule has 10 heteroatoms. The van der Waals surface area contributed by atoms with E-state index in [1.54, 1.807) is 0 Å². The van der Waals surface area contributed by atoms with Crippen molar-refractivity contribution >= 4 is 5.97 Å². The minimum atomic E-state index is -4.99. The lowest BCUT2D eigenvalue weighted by Crippen LogP contribution is -2.17. The van der Waals surface area contributed by atoms with Gasteiger partial charge < -0.3 is 14.4 Å². The number of hydrogen-bond acceptors (Lipinski definition) is 2. The summed E-state index contributed by atoms with van der Waals surface area (Å²) in [4.78, 5) is 11.5. The van der Waals surface area contributed by atoms with Crippen LogP contribution in [0.2, 0.25) is 0 Å². The van der Waals surface area contributed by atoms with Crippen molar-refractivity contribution in [3.05, 3.63) is 46.6 Å². The average Bonchev–Trinajstić information content (AvgIpc) is 3.22. The van der Waals surface area contributed by atoms with Gasteiger partial charge in [-0.05, 0) is 49.6 Å². The molecule has 0 saturated carbocycles. The molecular weight excluding hydrogens is 404 g/mol. The number of carboxylic acids is 1. The number of hydrogen-bond donors (Lipinski definition) is 1. The van der Waals surface area contributed by atoms with Crippen LogP contribution in [0.15, 0.2) is 24.3 Å². The third kappa shape index (κ3) is 4.42. The molecule has 0 spiro atoms. The Morgan fingerprint density at radius 2 is 1.69 bits per heavy atom. The number of rotatable bonds is 4. The van der Waals surface area contributed by atoms with Gasteiger partial charge >= 0.3 is 18.3 Å². The van der Waals surface area contributed by atoms with E-state index in [1.165, 1.54) is 11.5 Å². The second kappa shape index (κ2) is 7.40. The highest BCUT2D eigenvalue weighted by molar-refractivity contribution is 5.91. The lowest BCUT2D eigenvalue weighted by Gasteiger charge is -2.18. The smallest absolute Gasteiger partial charge is 0.416 e. The van der Waals surface area contributed by atoms with Crippen molar-refractivity contribution in [2.45, 2.75) is 44.8 Å². The molecule has 0 bridgehead atoms. The summed E-state index contributed by atoms with van der Waals surface area (Å²) in [6.07, 6.45) is -8.85. The van der Waals surface area contributed by atoms with E-state index < -0.39 is 29.4 Å². The molecule has 1 aromatic heterocycles. The minimum Gasteiger partial charge on any atom is -0.478 e. The molecule has 0 aliphatic carbocycles. The number of alkyl halides is 6. The molecule has 1 N–H and O–H groups in total. The summed E-state index contributed by atoms with van der Waals surface area (Å²) >= 11 is 0. The maximum Gasteiger partial charge on any atom is 0.416 e. The molecular formula is C19H17F6NO3. The Morgan fingerprint density at radius 1 is 1.10 bits per heavy atom. The fourth-order valence-electron chi connectivity index (χ4n) is 3.43. The molecule has 4 nitrogen and oxygen atoms in total. The van der Waals surface area contributed by atoms with Crippen molar-refractivity contribution < 1.29 is 41.0 Å². The SMILES string of the molecule is Cc1c(C(=O)O)cc(-c2cc(C(F)(F)F)cc(C(F)(F)F)c2)n1C[C@H]1CCCO1. The fraction of sp³-hybridized carbons (Fsp3) is 0.421. The first-order valence-electron chi connectivity index (χ1n) is 8.73. The van der Waals surface area contributed by atoms with E-state index >= 15 is 0 Å². The highest BCUT2D eigenvalue weighted by Gasteiger charge is 2.37. The molecule has 3 rings (SSSR count). The van der Waals surface area contributed by atoms with E-state index in [4.69, 9.17) is 4.74 Å². The Morgan fingerprint density at radius 3 is 2.14 bits per heavy atom. The summed E-state index contributed by atoms with van der Waals surface area (Å²) in [7, 11) is 0. The van der Waals surface area contributed by atoms with Gasteiger partial charge in [-0.15, -0.1) is 0 Å². The molecule has 0 amide bonds. The Labute approximate surface area is 161 Å². The molecule has 29 heavy (non-hydrogen) atoms. The molecule has 1 aromatic carbocycles. The van der Waals surface area contributed by atoms with Crippen molar-refractivity contribution in [1.29, 1.82) is 0 Å². The highest BCUT2D eigenvalue weighted by atomic mass is 19.4. The van der Waals surface area contributed by atoms with Crippen molar-refractivity contribution in [3.63, 3.8) is 0 Å². The number of carboxylic acid groups (broad SMARTS) is 1. The Balaban J connectivity index is 2.20. The van der Waals surface area contributed by atoms with E-state index in [2.05, 4.69) is 0 Å². The molecule has 158 valence electrons. The van der Waals surface area contributed by atoms with Crippen LogP contribution >= 0.6 is 0 Å². The third-order valence-corrected chi connectivity index (χ3v) is 4.89. The summed E-state index contributed by atoms with van der Waals surface area (Å²) in [6.45, 7) is 2.08. The summed E-state index contributed by atoms with van der Waals surface area (Å²) in [5.41, 5.74) is -3.27. The quantitative estimate of drug-likeness (QED) is 0.675. The lowest BCUT2D eigenvalue weighted by molar-refractivity contribution is -0.143. The van der Waals surface area contributed by atoms with E-state index in [1.807, 2.05) is 0 Å². The summed E-state index contributed by atoms with van der Waals surface area (Å²) < 4.78 is 86.1. The normalized spacial score (nSPS) is 17.7. The van der Waals surface area contributed by atoms with Crippen LogP contribution in [-0.4, -0.2) is 28.4 Å². The van der Waals surface area contributed by atoms with Gasteiger partial charge in [-0.2, -0.15) is 26.3 Å². The standard InChI is InChI=1S/C19H17F6NO3/c1-10-15(17(27)28)8-16(26(10)9-14-3-2-4-29-14)11-5-12(18(20,21)22)7-13(6-11)19(23,24)25/h5-8,14H,2-4,9H2,1H3,(H,27,28)/t14-/m1/s1. The van der Waals surface area contributed by atoms with Gasteiger partial charge in [0.05, 0.1) is 22.8 Å². The zero-order valence-corrected chi connectivity index (χ0v) is 15.2. The maximum absolute atomic E-state index is 13.2. The molecule has 2 aromatic rings. The number of aromatic carboxylic acids is 1. The largest absolute Gasteiger partial charge is 0.478 e. The molecule has 1 aliphatic rings. The van der Waals surface area contributed by atoms with Crippen LogP contribution in [0.4, 0.5) is 26.3 Å². The van der Waals surface area contributed by atoms with Crippen LogP contribution in [-0.2, 0) is 23.6 Å². The van der Waals surface area contributed by atoms with Crippen LogP contribution in [0, 0.1) is 6.92 Å². The van der Waals surface area contributed by atoms with Crippen LogP contribution in [0.5, 0.6) is 0 Å². The van der Waals surface area contributed by atoms with Crippen molar-refractivity contribution in [1.82, 2.24) is 4.57 Å². The average molecular weight is 421 g/mol. The summed E-state index contributed by atoms with van der Waals surface area (Å²) in [5.74, 6) is -1.32. The van der Waals surface area contributed by atoms with Crippen molar-refractivity contribution in [2.24, 2.45) is 0 Å². The van der Waals surface area contributed by atoms with Gasteiger partial charge in [-0.3, -0.25) is 0 Å². The van der Waals surface area contributed by atoms with Gasteiger partial charge in [0.25, 0.3) is 0 Å². The first kappa shape index (κ1) is 21.2. The molecule has 2 heterocycles. The maximum atomic E-state index is 13.2. The third-order valence-electron chi connectivity index (χ3n) is 4.89. The first-order chi connectivity index (χ1) is 13.4. The molecule has 1 fully saturated rings. The van der Waals surface area contributed by atoms with Crippen LogP contribution in [0.3, 0.4) is 0 Å². The number of carbonyl (C=O) groups is 1. The molecule has 0 unspecified atom stereocenters. The molecule has 1 aliphatic heterocycles. The van der Waals surface area contributed by atoms with Crippen LogP contribution in [0.25, 0.3) is 11.3 Å². The fourth-order valence-corrected chi connectivity index (χ4v) is 3.43. The molecule has 1 saturated heterocycles. The highest BCUT2D eigenvalue weighted by Crippen LogP contribution is 2.39. The van der Waals surface area contributed by atoms with Gasteiger partial charge in [-0.25, -0.2) is 4.79 Å². The lowest BCUT2D eigenvalue weighted by atomic mass is 10.0. The number of ether oxygens (including phenoxy) is 1. The van der Waals surface area contributed by atoms with Crippen LogP contribution < -0.4 is 0 Å². The van der Waals surface area contributed by atoms with E-state index in [9.17, 15) is 36.2 Å². The van der Waals surface area contributed by atoms with E-state index in [0.717, 1.165) is 12.5 Å². The van der Waals surface area contributed by atoms with Crippen molar-refractivity contribution in [3.8, 4) is 11.3 Å². The molecule has 1 atom stereocenters. The van der Waals surface area contributed by atoms with Gasteiger partial charge in [0.2, 0.25) is 0 Å². The Bertz CT molecular complexity index is 891. The monoisotopic (exact) mass is 421 g/mol. The Kier molecular flexibility index (Phi) is 5.42. The van der Waals surface area contributed by atoms with Crippen LogP contribution in [0.1, 0.15) is 40.0 Å². The second-order valence-electron chi connectivity index (χ2n) is 6.87. The van der Waals surface area contributed by atoms with Crippen molar-refractivity contribution in [2.75, 3.05) is 6.61 Å². The van der Waals surface area contributed by atoms with Gasteiger partial charge in [0, 0.05) is 24.5 Å². The van der Waals surface area contributed by atoms with Gasteiger partial charge in [0.15, 0.2) is 0 Å². The zero-order valence-electron chi connectivity index (χ0n) is 15.2. The van der Waals surface area contributed by atoms with E-state index in [-0.39, 0.29) is 41.2 Å². The number of aromatic nitrogens is 1. The second-order valence-corrected chi connectivity index (χ2v) is 6.87. The first-order valence-corrected chi connectivity index (χ1v) is 8.73. The summed E-state index contributed by atoms with van der Waals surface area (Å²) in [6, 6.07) is 2.34. The summed E-state index contributed by atoms with van der Waals surface area (Å²) in [5, 5.41) is 9.37. The van der Waals surface area contributed by atoms with Gasteiger partial charge in [-0.1, -0.05) is 0 Å². The zero-order chi connectivity index (χ0) is 21.6. The van der Waals surface area contributed by atoms with E-state index in [0.29, 0.717) is 25.2 Å². The number of halogens is 6.